The van der Waals surface area contributed by atoms with E-state index in [1.54, 1.807) is 36.6 Å². The lowest BCUT2D eigenvalue weighted by Gasteiger charge is -2.23. The number of fused-ring (bicyclic) bond motifs is 2. The Morgan fingerprint density at radius 3 is 2.68 bits per heavy atom. The molecule has 1 saturated heterocycles. The first-order valence-electron chi connectivity index (χ1n) is 9.26. The Kier molecular flexibility index (Phi) is 3.98. The first kappa shape index (κ1) is 17.1. The van der Waals surface area contributed by atoms with Crippen molar-refractivity contribution in [1.82, 2.24) is 19.7 Å². The summed E-state index contributed by atoms with van der Waals surface area (Å²) in [6, 6.07) is 15.1. The van der Waals surface area contributed by atoms with Crippen LogP contribution in [0.25, 0.3) is 21.0 Å². The molecule has 0 unspecified atom stereocenters. The molecule has 1 amide bonds. The summed E-state index contributed by atoms with van der Waals surface area (Å²) in [5.74, 6) is -0.145. The number of amides is 1. The van der Waals surface area contributed by atoms with Crippen LogP contribution in [0.3, 0.4) is 0 Å². The van der Waals surface area contributed by atoms with Crippen molar-refractivity contribution in [2.45, 2.75) is 18.9 Å². The minimum absolute atomic E-state index is 0.0531. The summed E-state index contributed by atoms with van der Waals surface area (Å²) >= 11 is 1.64. The summed E-state index contributed by atoms with van der Waals surface area (Å²) in [5, 5.41) is 6.39. The second kappa shape index (κ2) is 6.53. The molecule has 1 aliphatic heterocycles. The normalized spacial score (nSPS) is 16.9. The molecule has 2 aromatic carbocycles. The second-order valence-electron chi connectivity index (χ2n) is 7.00. The zero-order chi connectivity index (χ0) is 19.3. The van der Waals surface area contributed by atoms with Crippen molar-refractivity contribution in [2.24, 2.45) is 7.05 Å². The van der Waals surface area contributed by atoms with Crippen molar-refractivity contribution >= 4 is 38.2 Å². The Bertz CT molecular complexity index is 1240. The van der Waals surface area contributed by atoms with Crippen molar-refractivity contribution in [1.29, 1.82) is 0 Å². The molecule has 28 heavy (non-hydrogen) atoms. The third-order valence-electron chi connectivity index (χ3n) is 5.27. The molecule has 6 nitrogen and oxygen atoms in total. The molecule has 0 saturated carbocycles. The van der Waals surface area contributed by atoms with E-state index in [0.29, 0.717) is 23.0 Å². The number of thiazole rings is 1. The minimum atomic E-state index is -0.198. The average Bonchev–Trinajstić information content (AvgIpc) is 3.36. The van der Waals surface area contributed by atoms with E-state index in [1.807, 2.05) is 29.2 Å². The number of benzene rings is 2. The topological polar surface area (TPSA) is 68.1 Å². The molecule has 1 atom stereocenters. The number of carbonyl (C=O) groups is 1. The Balaban J connectivity index is 1.59. The average molecular weight is 390 g/mol. The molecular formula is C21H18N4O2S. The highest BCUT2D eigenvalue weighted by Crippen LogP contribution is 2.37. The fraction of sp³-hybridized carbons (Fsp3) is 0.238. The number of hydrogen-bond donors (Lipinski definition) is 0. The fourth-order valence-corrected chi connectivity index (χ4v) is 5.01. The summed E-state index contributed by atoms with van der Waals surface area (Å²) in [7, 11) is 1.58. The van der Waals surface area contributed by atoms with Crippen LogP contribution in [-0.4, -0.2) is 32.1 Å². The van der Waals surface area contributed by atoms with Gasteiger partial charge in [-0.3, -0.25) is 9.59 Å². The third kappa shape index (κ3) is 2.62. The lowest BCUT2D eigenvalue weighted by atomic mass is 10.1. The van der Waals surface area contributed by atoms with Crippen LogP contribution in [0.1, 0.15) is 34.4 Å². The lowest BCUT2D eigenvalue weighted by Crippen LogP contribution is -2.33. The van der Waals surface area contributed by atoms with E-state index < -0.39 is 0 Å². The molecular weight excluding hydrogens is 372 g/mol. The smallest absolute Gasteiger partial charge is 0.275 e. The maximum absolute atomic E-state index is 13.4. The van der Waals surface area contributed by atoms with Gasteiger partial charge >= 0.3 is 0 Å². The van der Waals surface area contributed by atoms with Crippen LogP contribution in [0.5, 0.6) is 0 Å². The van der Waals surface area contributed by atoms with E-state index in [1.165, 1.54) is 4.68 Å². The SMILES string of the molecule is Cn1nc(C(=O)N2CCC[C@H]2c2nc3ccccc3s2)c2ccccc2c1=O. The van der Waals surface area contributed by atoms with E-state index in [4.69, 9.17) is 4.98 Å². The monoisotopic (exact) mass is 390 g/mol. The van der Waals surface area contributed by atoms with Gasteiger partial charge in [-0.1, -0.05) is 30.3 Å². The molecule has 5 rings (SSSR count). The number of aryl methyl sites for hydroxylation is 1. The Morgan fingerprint density at radius 1 is 1.11 bits per heavy atom. The Labute approximate surface area is 165 Å². The van der Waals surface area contributed by atoms with Crippen molar-refractivity contribution in [3.63, 3.8) is 0 Å². The van der Waals surface area contributed by atoms with E-state index in [9.17, 15) is 9.59 Å². The summed E-state index contributed by atoms with van der Waals surface area (Å²) in [6.07, 6.45) is 1.81. The van der Waals surface area contributed by atoms with Gasteiger partial charge in [-0.25, -0.2) is 9.67 Å². The first-order valence-corrected chi connectivity index (χ1v) is 10.1. The molecule has 4 aromatic rings. The van der Waals surface area contributed by atoms with Gasteiger partial charge in [0.05, 0.1) is 21.6 Å². The van der Waals surface area contributed by atoms with E-state index in [-0.39, 0.29) is 17.5 Å². The van der Waals surface area contributed by atoms with Crippen molar-refractivity contribution in [3.8, 4) is 0 Å². The number of carbonyl (C=O) groups excluding carboxylic acids is 1. The van der Waals surface area contributed by atoms with Gasteiger partial charge in [0.1, 0.15) is 5.01 Å². The molecule has 0 N–H and O–H groups in total. The second-order valence-corrected chi connectivity index (χ2v) is 8.06. The van der Waals surface area contributed by atoms with Crippen LogP contribution in [0, 0.1) is 0 Å². The van der Waals surface area contributed by atoms with Crippen LogP contribution in [0.4, 0.5) is 0 Å². The van der Waals surface area contributed by atoms with Gasteiger partial charge < -0.3 is 4.90 Å². The standard InChI is InChI=1S/C21H18N4O2S/c1-24-20(26)14-8-3-2-7-13(14)18(23-24)21(27)25-12-6-10-16(25)19-22-15-9-4-5-11-17(15)28-19/h2-5,7-9,11,16H,6,10,12H2,1H3/t16-/m0/s1. The van der Waals surface area contributed by atoms with Crippen LogP contribution in [0.2, 0.25) is 0 Å². The van der Waals surface area contributed by atoms with Crippen LogP contribution >= 0.6 is 11.3 Å². The predicted octanol–water partition coefficient (Wildman–Crippen LogP) is 3.52. The largest absolute Gasteiger partial charge is 0.328 e. The van der Waals surface area contributed by atoms with Crippen molar-refractivity contribution < 1.29 is 4.79 Å². The first-order chi connectivity index (χ1) is 13.6. The highest BCUT2D eigenvalue weighted by molar-refractivity contribution is 7.18. The number of para-hydroxylation sites is 1. The predicted molar refractivity (Wildman–Crippen MR) is 110 cm³/mol. The molecule has 3 heterocycles. The molecule has 1 aliphatic rings. The zero-order valence-corrected chi connectivity index (χ0v) is 16.1. The number of likely N-dealkylation sites (tertiary alicyclic amines) is 1. The van der Waals surface area contributed by atoms with Gasteiger partial charge in [0.15, 0.2) is 5.69 Å². The number of rotatable bonds is 2. The third-order valence-corrected chi connectivity index (χ3v) is 6.41. The zero-order valence-electron chi connectivity index (χ0n) is 15.3. The maximum atomic E-state index is 13.4. The summed E-state index contributed by atoms with van der Waals surface area (Å²) < 4.78 is 2.38. The molecule has 7 heteroatoms. The molecule has 1 fully saturated rings. The van der Waals surface area contributed by atoms with Gasteiger partial charge in [-0.2, -0.15) is 5.10 Å². The van der Waals surface area contributed by atoms with Crippen molar-refractivity contribution in [3.05, 3.63) is 69.6 Å². The van der Waals surface area contributed by atoms with Gasteiger partial charge in [-0.15, -0.1) is 11.3 Å². The molecule has 140 valence electrons. The van der Waals surface area contributed by atoms with E-state index in [0.717, 1.165) is 28.1 Å². The van der Waals surface area contributed by atoms with Gasteiger partial charge in [0, 0.05) is 19.0 Å². The quantitative estimate of drug-likeness (QED) is 0.525. The molecule has 0 aliphatic carbocycles. The van der Waals surface area contributed by atoms with Crippen LogP contribution in [-0.2, 0) is 7.05 Å². The van der Waals surface area contributed by atoms with Gasteiger partial charge in [0.2, 0.25) is 0 Å². The number of hydrogen-bond acceptors (Lipinski definition) is 5. The van der Waals surface area contributed by atoms with E-state index in [2.05, 4.69) is 11.2 Å². The molecule has 0 bridgehead atoms. The molecule has 2 aromatic heterocycles. The van der Waals surface area contributed by atoms with Crippen LogP contribution < -0.4 is 5.56 Å². The summed E-state index contributed by atoms with van der Waals surface area (Å²) in [4.78, 5) is 32.4. The van der Waals surface area contributed by atoms with Crippen LogP contribution in [0.15, 0.2) is 53.3 Å². The highest BCUT2D eigenvalue weighted by atomic mass is 32.1. The van der Waals surface area contributed by atoms with Gasteiger partial charge in [0.25, 0.3) is 11.5 Å². The molecule has 0 radical (unpaired) electrons. The maximum Gasteiger partial charge on any atom is 0.275 e. The summed E-state index contributed by atoms with van der Waals surface area (Å²) in [5.41, 5.74) is 1.09. The van der Waals surface area contributed by atoms with E-state index >= 15 is 0 Å². The highest BCUT2D eigenvalue weighted by Gasteiger charge is 2.34. The number of nitrogens with zero attached hydrogens (tertiary/aromatic N) is 4. The fourth-order valence-electron chi connectivity index (χ4n) is 3.89. The Morgan fingerprint density at radius 2 is 1.86 bits per heavy atom. The minimum Gasteiger partial charge on any atom is -0.328 e. The lowest BCUT2D eigenvalue weighted by molar-refractivity contribution is 0.0729. The van der Waals surface area contributed by atoms with Gasteiger partial charge in [-0.05, 0) is 31.0 Å². The Hall–Kier alpha value is -3.06. The number of aromatic nitrogens is 3. The van der Waals surface area contributed by atoms with Crippen molar-refractivity contribution in [2.75, 3.05) is 6.54 Å². The molecule has 0 spiro atoms. The summed E-state index contributed by atoms with van der Waals surface area (Å²) in [6.45, 7) is 0.665.